The van der Waals surface area contributed by atoms with E-state index in [4.69, 9.17) is 22.1 Å². The molecular formula is C47H48ClFN6O7. The number of imide groups is 2. The zero-order valence-corrected chi connectivity index (χ0v) is 35.0. The molecule has 0 spiro atoms. The van der Waals surface area contributed by atoms with E-state index in [0.29, 0.717) is 43.7 Å². The highest BCUT2D eigenvalue weighted by Crippen LogP contribution is 2.40. The van der Waals surface area contributed by atoms with Crippen molar-refractivity contribution in [3.05, 3.63) is 118 Å². The van der Waals surface area contributed by atoms with Gasteiger partial charge in [-0.25, -0.2) is 4.39 Å². The van der Waals surface area contributed by atoms with Gasteiger partial charge in [-0.15, -0.1) is 0 Å². The Balaban J connectivity index is 0.869. The van der Waals surface area contributed by atoms with Gasteiger partial charge in [-0.05, 0) is 92.5 Å². The highest BCUT2D eigenvalue weighted by Gasteiger charge is 2.46. The molecule has 8 rings (SSSR count). The number of piperidine rings is 2. The van der Waals surface area contributed by atoms with Crippen LogP contribution in [0.3, 0.4) is 0 Å². The van der Waals surface area contributed by atoms with Crippen molar-refractivity contribution in [3.63, 3.8) is 0 Å². The number of benzene rings is 4. The maximum Gasteiger partial charge on any atom is 0.264 e. The molecule has 3 fully saturated rings. The van der Waals surface area contributed by atoms with Crippen LogP contribution in [0.5, 0.6) is 5.75 Å². The van der Waals surface area contributed by atoms with Crippen LogP contribution in [0.15, 0.2) is 78.9 Å². The lowest BCUT2D eigenvalue weighted by Gasteiger charge is -2.35. The molecule has 13 nitrogen and oxygen atoms in total. The van der Waals surface area contributed by atoms with Gasteiger partial charge in [0.2, 0.25) is 23.6 Å². The quantitative estimate of drug-likeness (QED) is 0.130. The molecule has 0 bridgehead atoms. The minimum absolute atomic E-state index is 0.000798. The molecule has 2 unspecified atom stereocenters. The maximum atomic E-state index is 15.8. The first-order valence-electron chi connectivity index (χ1n) is 21.1. The van der Waals surface area contributed by atoms with Crippen molar-refractivity contribution in [2.45, 2.75) is 75.4 Å². The average molecular weight is 863 g/mol. The van der Waals surface area contributed by atoms with Crippen LogP contribution in [0, 0.1) is 11.7 Å². The summed E-state index contributed by atoms with van der Waals surface area (Å²) in [5.74, 6) is -4.02. The van der Waals surface area contributed by atoms with Crippen molar-refractivity contribution < 1.29 is 37.9 Å². The smallest absolute Gasteiger partial charge is 0.264 e. The first kappa shape index (κ1) is 42.6. The van der Waals surface area contributed by atoms with E-state index in [1.165, 1.54) is 19.2 Å². The molecule has 1 saturated carbocycles. The van der Waals surface area contributed by atoms with Gasteiger partial charge < -0.3 is 26.0 Å². The Morgan fingerprint density at radius 3 is 2.26 bits per heavy atom. The largest absolute Gasteiger partial charge is 0.494 e. The number of nitrogens with two attached hydrogens (primary N) is 1. The van der Waals surface area contributed by atoms with Gasteiger partial charge in [0.15, 0.2) is 11.6 Å². The third-order valence-corrected chi connectivity index (χ3v) is 13.1. The Bertz CT molecular complexity index is 2430. The number of primary amides is 1. The molecule has 6 amide bonds. The Labute approximate surface area is 363 Å². The Morgan fingerprint density at radius 2 is 1.56 bits per heavy atom. The Hall–Kier alpha value is -6.12. The van der Waals surface area contributed by atoms with Gasteiger partial charge in [0.25, 0.3) is 11.8 Å². The predicted molar refractivity (Wildman–Crippen MR) is 230 cm³/mol. The summed E-state index contributed by atoms with van der Waals surface area (Å²) in [4.78, 5) is 80.3. The molecule has 3 heterocycles. The molecule has 62 heavy (non-hydrogen) atoms. The molecule has 4 aromatic rings. The van der Waals surface area contributed by atoms with Crippen molar-refractivity contribution in [1.82, 2.24) is 20.9 Å². The van der Waals surface area contributed by atoms with E-state index in [2.05, 4.69) is 16.0 Å². The zero-order chi connectivity index (χ0) is 43.7. The lowest BCUT2D eigenvalue weighted by atomic mass is 9.86. The number of hydrogen-bond donors (Lipinski definition) is 4. The predicted octanol–water partition coefficient (Wildman–Crippen LogP) is 5.72. The minimum Gasteiger partial charge on any atom is -0.494 e. The molecule has 5 N–H and O–H groups in total. The van der Waals surface area contributed by atoms with Crippen molar-refractivity contribution >= 4 is 52.7 Å². The fourth-order valence-electron chi connectivity index (χ4n) is 9.44. The van der Waals surface area contributed by atoms with E-state index in [0.717, 1.165) is 41.7 Å². The number of carbonyl (C=O) groups is 6. The number of halogens is 2. The van der Waals surface area contributed by atoms with E-state index in [-0.39, 0.29) is 75.7 Å². The molecule has 1 aliphatic carbocycles. The van der Waals surface area contributed by atoms with Crippen molar-refractivity contribution in [3.8, 4) is 16.9 Å². The van der Waals surface area contributed by atoms with Crippen molar-refractivity contribution in [2.75, 3.05) is 31.6 Å². The van der Waals surface area contributed by atoms with Crippen LogP contribution in [-0.2, 0) is 14.4 Å². The van der Waals surface area contributed by atoms with E-state index < -0.39 is 41.4 Å². The number of hydrogen-bond acceptors (Lipinski definition) is 9. The van der Waals surface area contributed by atoms with E-state index in [9.17, 15) is 28.8 Å². The van der Waals surface area contributed by atoms with Crippen LogP contribution in [0.2, 0.25) is 5.02 Å². The summed E-state index contributed by atoms with van der Waals surface area (Å²) in [6.07, 6.45) is 4.62. The fraction of sp³-hybridized carbons (Fsp3) is 0.362. The van der Waals surface area contributed by atoms with Crippen molar-refractivity contribution in [1.29, 1.82) is 0 Å². The molecule has 15 heteroatoms. The molecule has 4 aromatic carbocycles. The lowest BCUT2D eigenvalue weighted by Crippen LogP contribution is -2.54. The topological polar surface area (TPSA) is 180 Å². The van der Waals surface area contributed by atoms with Gasteiger partial charge >= 0.3 is 0 Å². The number of nitrogens with one attached hydrogen (secondary N) is 3. The first-order valence-corrected chi connectivity index (χ1v) is 21.5. The number of fused-ring (bicyclic) bond motifs is 1. The number of anilines is 1. The van der Waals surface area contributed by atoms with E-state index >= 15 is 4.39 Å². The maximum absolute atomic E-state index is 15.8. The number of methoxy groups -OCH3 is 1. The van der Waals surface area contributed by atoms with E-state index in [1.807, 2.05) is 47.4 Å². The van der Waals surface area contributed by atoms with Crippen LogP contribution in [0.4, 0.5) is 10.1 Å². The third kappa shape index (κ3) is 8.41. The van der Waals surface area contributed by atoms with Gasteiger partial charge in [0.1, 0.15) is 6.04 Å². The Kier molecular flexibility index (Phi) is 12.4. The van der Waals surface area contributed by atoms with Gasteiger partial charge in [0, 0.05) is 66.1 Å². The summed E-state index contributed by atoms with van der Waals surface area (Å²) >= 11 is 6.67. The van der Waals surface area contributed by atoms with Crippen LogP contribution in [0.25, 0.3) is 11.1 Å². The van der Waals surface area contributed by atoms with Crippen LogP contribution < -0.4 is 31.3 Å². The van der Waals surface area contributed by atoms with Crippen LogP contribution >= 0.6 is 11.6 Å². The SMILES string of the molecule is COc1ccc(C(N)=O)c(-c2cc(C(CNC3CCC(NC(=O)C4CCN(c5cccc6c5C(=O)N(C5CCC(=O)NC5=O)C6=O)CC4)CC3)c3ccccc3)ccc2Cl)c1F. The Morgan fingerprint density at radius 1 is 0.839 bits per heavy atom. The highest BCUT2D eigenvalue weighted by atomic mass is 35.5. The van der Waals surface area contributed by atoms with Gasteiger partial charge in [-0.1, -0.05) is 54.1 Å². The average Bonchev–Trinajstić information content (AvgIpc) is 3.53. The lowest BCUT2D eigenvalue weighted by molar-refractivity contribution is -0.136. The fourth-order valence-corrected chi connectivity index (χ4v) is 9.65. The summed E-state index contributed by atoms with van der Waals surface area (Å²) in [5.41, 5.74) is 9.02. The van der Waals surface area contributed by atoms with Gasteiger partial charge in [-0.3, -0.25) is 39.0 Å². The second-order valence-corrected chi connectivity index (χ2v) is 16.9. The summed E-state index contributed by atoms with van der Waals surface area (Å²) < 4.78 is 21.0. The van der Waals surface area contributed by atoms with Crippen LogP contribution in [-0.4, -0.2) is 85.2 Å². The summed E-state index contributed by atoms with van der Waals surface area (Å²) in [5, 5.41) is 9.56. The van der Waals surface area contributed by atoms with Crippen molar-refractivity contribution in [2.24, 2.45) is 11.7 Å². The molecule has 4 aliphatic rings. The standard InChI is InChI=1S/C47H48ClFN6O7/c1-62-38-18-15-31(43(50)57)40(42(38)49)33-24-28(10-16-35(33)48)34(26-6-3-2-4-7-26)25-51-29-11-13-30(14-12-29)52-44(58)27-20-22-54(23-21-27)36-9-5-8-32-41(36)47(61)55(46(32)60)37-17-19-39(56)53-45(37)59/h2-10,15-16,18,24,27,29-30,34,37,51H,11-14,17,19-23,25H2,1H3,(H2,50,57)(H,52,58)(H,53,56,59). The second kappa shape index (κ2) is 18.1. The number of nitrogens with zero attached hydrogens (tertiary/aromatic N) is 2. The second-order valence-electron chi connectivity index (χ2n) is 16.4. The monoisotopic (exact) mass is 862 g/mol. The number of ether oxygens (including phenoxy) is 1. The molecule has 2 atom stereocenters. The minimum atomic E-state index is -1.04. The molecule has 2 saturated heterocycles. The van der Waals surface area contributed by atoms with Crippen LogP contribution in [0.1, 0.15) is 99.5 Å². The van der Waals surface area contributed by atoms with Gasteiger partial charge in [-0.2, -0.15) is 0 Å². The molecule has 322 valence electrons. The molecule has 0 radical (unpaired) electrons. The number of rotatable bonds is 12. The summed E-state index contributed by atoms with van der Waals surface area (Å²) in [6, 6.07) is 22.5. The number of carbonyl (C=O) groups excluding carboxylic acids is 6. The molecular weight excluding hydrogens is 815 g/mol. The summed E-state index contributed by atoms with van der Waals surface area (Å²) in [7, 11) is 1.35. The first-order chi connectivity index (χ1) is 29.9. The van der Waals surface area contributed by atoms with E-state index in [1.54, 1.807) is 24.3 Å². The highest BCUT2D eigenvalue weighted by molar-refractivity contribution is 6.33. The molecule has 0 aromatic heterocycles. The normalized spacial score (nSPS) is 21.0. The van der Waals surface area contributed by atoms with Gasteiger partial charge in [0.05, 0.1) is 29.5 Å². The summed E-state index contributed by atoms with van der Waals surface area (Å²) in [6.45, 7) is 1.61. The zero-order valence-electron chi connectivity index (χ0n) is 34.3. The number of amides is 6. The third-order valence-electron chi connectivity index (χ3n) is 12.8. The molecule has 3 aliphatic heterocycles.